The molecule has 0 spiro atoms. The van der Waals surface area contributed by atoms with E-state index < -0.39 is 17.8 Å². The number of anilines is 1. The summed E-state index contributed by atoms with van der Waals surface area (Å²) in [4.78, 5) is 35.4. The fourth-order valence-electron chi connectivity index (χ4n) is 1.75. The molecule has 0 atom stereocenters. The van der Waals surface area contributed by atoms with Crippen molar-refractivity contribution in [3.05, 3.63) is 29.3 Å². The summed E-state index contributed by atoms with van der Waals surface area (Å²) in [6, 6.07) is 4.81. The van der Waals surface area contributed by atoms with Gasteiger partial charge in [-0.3, -0.25) is 14.9 Å². The summed E-state index contributed by atoms with van der Waals surface area (Å²) in [5.41, 5.74) is 2.29. The number of hydrogen-bond acceptors (Lipinski definition) is 3. The van der Waals surface area contributed by atoms with E-state index in [1.54, 1.807) is 6.07 Å². The third kappa shape index (κ3) is 2.04. The van der Waals surface area contributed by atoms with Gasteiger partial charge in [0.05, 0.1) is 5.69 Å². The van der Waals surface area contributed by atoms with Crippen LogP contribution in [-0.4, -0.2) is 17.8 Å². The predicted molar refractivity (Wildman–Crippen MR) is 61.6 cm³/mol. The van der Waals surface area contributed by atoms with E-state index in [2.05, 4.69) is 5.32 Å². The molecule has 0 aromatic heterocycles. The van der Waals surface area contributed by atoms with E-state index in [1.807, 2.05) is 26.0 Å². The van der Waals surface area contributed by atoms with Gasteiger partial charge >= 0.3 is 6.03 Å². The number of amides is 4. The minimum atomic E-state index is -0.681. The van der Waals surface area contributed by atoms with Crippen LogP contribution < -0.4 is 10.2 Å². The highest BCUT2D eigenvalue weighted by Gasteiger charge is 2.32. The summed E-state index contributed by atoms with van der Waals surface area (Å²) in [7, 11) is 0. The summed E-state index contributed by atoms with van der Waals surface area (Å²) >= 11 is 0. The summed E-state index contributed by atoms with van der Waals surface area (Å²) in [5, 5.41) is 2.13. The quantitative estimate of drug-likeness (QED) is 0.741. The SMILES string of the molecule is Cc1ccc(C)c(N2C(=O)CC(=O)NC2=O)c1. The van der Waals surface area contributed by atoms with Crippen LogP contribution in [0.1, 0.15) is 17.5 Å². The Morgan fingerprint density at radius 1 is 1.18 bits per heavy atom. The van der Waals surface area contributed by atoms with Crippen LogP contribution >= 0.6 is 0 Å². The summed E-state index contributed by atoms with van der Waals surface area (Å²) in [6.07, 6.45) is -0.293. The third-order valence-electron chi connectivity index (χ3n) is 2.62. The number of nitrogens with zero attached hydrogens (tertiary/aromatic N) is 1. The predicted octanol–water partition coefficient (Wildman–Crippen LogP) is 1.28. The summed E-state index contributed by atoms with van der Waals surface area (Å²) < 4.78 is 0. The minimum Gasteiger partial charge on any atom is -0.277 e. The van der Waals surface area contributed by atoms with Gasteiger partial charge in [0.25, 0.3) is 0 Å². The maximum atomic E-state index is 11.7. The van der Waals surface area contributed by atoms with Gasteiger partial charge in [-0.25, -0.2) is 9.69 Å². The number of aryl methyl sites for hydroxylation is 2. The first-order valence-corrected chi connectivity index (χ1v) is 5.23. The van der Waals surface area contributed by atoms with Gasteiger partial charge < -0.3 is 0 Å². The van der Waals surface area contributed by atoms with Crippen molar-refractivity contribution in [1.82, 2.24) is 5.32 Å². The van der Waals surface area contributed by atoms with Gasteiger partial charge in [0.2, 0.25) is 11.8 Å². The van der Waals surface area contributed by atoms with Crippen molar-refractivity contribution in [2.45, 2.75) is 20.3 Å². The lowest BCUT2D eigenvalue weighted by Gasteiger charge is -2.26. The number of imide groups is 2. The zero-order chi connectivity index (χ0) is 12.6. The lowest BCUT2D eigenvalue weighted by molar-refractivity contribution is -0.128. The molecule has 4 amide bonds. The zero-order valence-corrected chi connectivity index (χ0v) is 9.61. The van der Waals surface area contributed by atoms with Crippen LogP contribution in [0.4, 0.5) is 10.5 Å². The van der Waals surface area contributed by atoms with Gasteiger partial charge in [0.15, 0.2) is 0 Å². The van der Waals surface area contributed by atoms with Crippen LogP contribution in [0.25, 0.3) is 0 Å². The Kier molecular flexibility index (Phi) is 2.67. The van der Waals surface area contributed by atoms with Gasteiger partial charge in [-0.1, -0.05) is 12.1 Å². The van der Waals surface area contributed by atoms with Crippen molar-refractivity contribution >= 4 is 23.5 Å². The van der Waals surface area contributed by atoms with E-state index in [9.17, 15) is 14.4 Å². The van der Waals surface area contributed by atoms with Crippen molar-refractivity contribution in [1.29, 1.82) is 0 Å². The molecule has 1 N–H and O–H groups in total. The number of barbiturate groups is 1. The smallest absolute Gasteiger partial charge is 0.277 e. The average molecular weight is 232 g/mol. The molecule has 1 aliphatic heterocycles. The zero-order valence-electron chi connectivity index (χ0n) is 9.61. The number of hydrogen-bond donors (Lipinski definition) is 1. The Labute approximate surface area is 98.4 Å². The van der Waals surface area contributed by atoms with Crippen molar-refractivity contribution in [2.75, 3.05) is 4.90 Å². The van der Waals surface area contributed by atoms with Crippen molar-refractivity contribution in [3.63, 3.8) is 0 Å². The lowest BCUT2D eigenvalue weighted by Crippen LogP contribution is -2.53. The molecule has 1 aromatic carbocycles. The minimum absolute atomic E-state index is 0.293. The number of nitrogens with one attached hydrogen (secondary N) is 1. The van der Waals surface area contributed by atoms with E-state index in [-0.39, 0.29) is 6.42 Å². The Morgan fingerprint density at radius 2 is 1.88 bits per heavy atom. The van der Waals surface area contributed by atoms with Crippen LogP contribution in [0.5, 0.6) is 0 Å². The molecule has 1 fully saturated rings. The van der Waals surface area contributed by atoms with Crippen LogP contribution in [0.2, 0.25) is 0 Å². The normalized spacial score (nSPS) is 16.1. The topological polar surface area (TPSA) is 66.5 Å². The lowest BCUT2D eigenvalue weighted by atomic mass is 10.1. The van der Waals surface area contributed by atoms with Gasteiger partial charge in [-0.2, -0.15) is 0 Å². The molecular weight excluding hydrogens is 220 g/mol. The molecule has 1 aliphatic rings. The monoisotopic (exact) mass is 232 g/mol. The van der Waals surface area contributed by atoms with E-state index in [0.29, 0.717) is 5.69 Å². The number of carbonyl (C=O) groups excluding carboxylic acids is 3. The Morgan fingerprint density at radius 3 is 2.53 bits per heavy atom. The van der Waals surface area contributed by atoms with E-state index in [0.717, 1.165) is 16.0 Å². The fraction of sp³-hybridized carbons (Fsp3) is 0.250. The maximum Gasteiger partial charge on any atom is 0.335 e. The average Bonchev–Trinajstić information content (AvgIpc) is 2.21. The van der Waals surface area contributed by atoms with E-state index >= 15 is 0 Å². The summed E-state index contributed by atoms with van der Waals surface area (Å²) in [5.74, 6) is -1.05. The van der Waals surface area contributed by atoms with Gasteiger partial charge in [0, 0.05) is 0 Å². The molecule has 0 saturated carbocycles. The van der Waals surface area contributed by atoms with Crippen molar-refractivity contribution in [2.24, 2.45) is 0 Å². The highest BCUT2D eigenvalue weighted by atomic mass is 16.2. The molecule has 0 bridgehead atoms. The molecule has 17 heavy (non-hydrogen) atoms. The molecule has 0 aliphatic carbocycles. The Balaban J connectivity index is 2.45. The highest BCUT2D eigenvalue weighted by molar-refractivity contribution is 6.26. The number of urea groups is 1. The molecule has 5 heteroatoms. The van der Waals surface area contributed by atoms with Gasteiger partial charge in [-0.15, -0.1) is 0 Å². The second-order valence-electron chi connectivity index (χ2n) is 4.05. The summed E-state index contributed by atoms with van der Waals surface area (Å²) in [6.45, 7) is 3.69. The van der Waals surface area contributed by atoms with E-state index in [1.165, 1.54) is 0 Å². The van der Waals surface area contributed by atoms with Gasteiger partial charge in [-0.05, 0) is 31.0 Å². The highest BCUT2D eigenvalue weighted by Crippen LogP contribution is 2.23. The first kappa shape index (κ1) is 11.3. The second kappa shape index (κ2) is 4.01. The standard InChI is InChI=1S/C12H12N2O3/c1-7-3-4-8(2)9(5-7)14-11(16)6-10(15)13-12(14)17/h3-5H,6H2,1-2H3,(H,13,15,17). The Bertz CT molecular complexity index is 502. The molecule has 1 saturated heterocycles. The molecule has 2 rings (SSSR count). The molecule has 1 aromatic rings. The largest absolute Gasteiger partial charge is 0.335 e. The number of rotatable bonds is 1. The van der Waals surface area contributed by atoms with Crippen LogP contribution in [-0.2, 0) is 9.59 Å². The first-order valence-electron chi connectivity index (χ1n) is 5.23. The molecule has 0 unspecified atom stereocenters. The molecule has 0 radical (unpaired) electrons. The number of benzene rings is 1. The molecule has 1 heterocycles. The second-order valence-corrected chi connectivity index (χ2v) is 4.05. The first-order chi connectivity index (χ1) is 7.99. The molecule has 88 valence electrons. The Hall–Kier alpha value is -2.17. The van der Waals surface area contributed by atoms with Crippen LogP contribution in [0, 0.1) is 13.8 Å². The fourth-order valence-corrected chi connectivity index (χ4v) is 1.75. The van der Waals surface area contributed by atoms with Crippen LogP contribution in [0.3, 0.4) is 0 Å². The van der Waals surface area contributed by atoms with Crippen LogP contribution in [0.15, 0.2) is 18.2 Å². The van der Waals surface area contributed by atoms with Crippen molar-refractivity contribution < 1.29 is 14.4 Å². The van der Waals surface area contributed by atoms with Gasteiger partial charge in [0.1, 0.15) is 6.42 Å². The van der Waals surface area contributed by atoms with E-state index in [4.69, 9.17) is 0 Å². The molecular formula is C12H12N2O3. The number of carbonyl (C=O) groups is 3. The molecule has 5 nitrogen and oxygen atoms in total. The van der Waals surface area contributed by atoms with Crippen molar-refractivity contribution in [3.8, 4) is 0 Å². The maximum absolute atomic E-state index is 11.7. The third-order valence-corrected chi connectivity index (χ3v) is 2.62.